The first kappa shape index (κ1) is 14.1. The number of hydrogen-bond donors (Lipinski definition) is 1. The van der Waals surface area contributed by atoms with Crippen LogP contribution in [0.25, 0.3) is 0 Å². The summed E-state index contributed by atoms with van der Waals surface area (Å²) in [5.74, 6) is -0.206. The van der Waals surface area contributed by atoms with Gasteiger partial charge >= 0.3 is 0 Å². The van der Waals surface area contributed by atoms with Crippen molar-refractivity contribution in [3.63, 3.8) is 0 Å². The number of nitrogens with one attached hydrogen (secondary N) is 1. The molecule has 0 aliphatic rings. The Labute approximate surface area is 124 Å². The van der Waals surface area contributed by atoms with Crippen LogP contribution in [0.3, 0.4) is 0 Å². The molecule has 100 valence electrons. The van der Waals surface area contributed by atoms with Gasteiger partial charge < -0.3 is 5.32 Å². The summed E-state index contributed by atoms with van der Waals surface area (Å²) in [6.07, 6.45) is 3.60. The largest absolute Gasteiger partial charge is 0.345 e. The molecule has 2 rings (SSSR count). The Morgan fingerprint density at radius 1 is 1.53 bits per heavy atom. The minimum absolute atomic E-state index is 0.128. The predicted octanol–water partition coefficient (Wildman–Crippen LogP) is 3.33. The maximum atomic E-state index is 12.2. The summed E-state index contributed by atoms with van der Waals surface area (Å²) in [5, 5.41) is 7.39. The fourth-order valence-corrected chi connectivity index (χ4v) is 2.28. The van der Waals surface area contributed by atoms with E-state index >= 15 is 0 Å². The van der Waals surface area contributed by atoms with Crippen LogP contribution in [0.2, 0.25) is 5.02 Å². The normalized spacial score (nSPS) is 12.2. The van der Waals surface area contributed by atoms with Crippen LogP contribution in [-0.4, -0.2) is 15.7 Å². The zero-order chi connectivity index (χ0) is 14.0. The first-order valence-electron chi connectivity index (χ1n) is 5.72. The van der Waals surface area contributed by atoms with Gasteiger partial charge in [-0.2, -0.15) is 5.10 Å². The van der Waals surface area contributed by atoms with Crippen molar-refractivity contribution >= 4 is 33.4 Å². The van der Waals surface area contributed by atoms with Gasteiger partial charge in [-0.3, -0.25) is 9.48 Å². The summed E-state index contributed by atoms with van der Waals surface area (Å²) in [6, 6.07) is 5.14. The molecule has 1 aromatic carbocycles. The molecule has 1 atom stereocenters. The molecule has 1 N–H and O–H groups in total. The van der Waals surface area contributed by atoms with Crippen LogP contribution in [-0.2, 0) is 7.05 Å². The average molecular weight is 343 g/mol. The fraction of sp³-hybridized carbons (Fsp3) is 0.231. The number of halogens is 2. The molecule has 0 radical (unpaired) electrons. The van der Waals surface area contributed by atoms with Crippen molar-refractivity contribution in [1.29, 1.82) is 0 Å². The highest BCUT2D eigenvalue weighted by atomic mass is 79.9. The summed E-state index contributed by atoms with van der Waals surface area (Å²) in [6.45, 7) is 1.90. The van der Waals surface area contributed by atoms with Crippen LogP contribution in [0, 0.1) is 0 Å². The Hall–Kier alpha value is -1.33. The van der Waals surface area contributed by atoms with E-state index in [0.29, 0.717) is 15.1 Å². The van der Waals surface area contributed by atoms with Gasteiger partial charge in [-0.1, -0.05) is 17.7 Å². The number of carbonyl (C=O) groups is 1. The molecular formula is C13H13BrClN3O. The van der Waals surface area contributed by atoms with Crippen LogP contribution in [0.1, 0.15) is 28.9 Å². The highest BCUT2D eigenvalue weighted by Gasteiger charge is 2.16. The van der Waals surface area contributed by atoms with Crippen LogP contribution in [0.4, 0.5) is 0 Å². The summed E-state index contributed by atoms with van der Waals surface area (Å²) < 4.78 is 2.40. The molecule has 1 heterocycles. The molecule has 0 aliphatic carbocycles. The first-order chi connectivity index (χ1) is 8.99. The van der Waals surface area contributed by atoms with E-state index in [1.807, 2.05) is 20.2 Å². The molecule has 0 aliphatic heterocycles. The third-order valence-electron chi connectivity index (χ3n) is 2.77. The maximum absolute atomic E-state index is 12.2. The maximum Gasteiger partial charge on any atom is 0.253 e. The Balaban J connectivity index is 2.15. The topological polar surface area (TPSA) is 46.9 Å². The van der Waals surface area contributed by atoms with Gasteiger partial charge in [0.2, 0.25) is 0 Å². The Kier molecular flexibility index (Phi) is 4.27. The van der Waals surface area contributed by atoms with Crippen molar-refractivity contribution in [3.05, 3.63) is 51.2 Å². The van der Waals surface area contributed by atoms with Crippen LogP contribution in [0.5, 0.6) is 0 Å². The quantitative estimate of drug-likeness (QED) is 0.930. The van der Waals surface area contributed by atoms with E-state index in [1.54, 1.807) is 29.1 Å². The van der Waals surface area contributed by atoms with Crippen LogP contribution in [0.15, 0.2) is 35.1 Å². The predicted molar refractivity (Wildman–Crippen MR) is 78.2 cm³/mol. The summed E-state index contributed by atoms with van der Waals surface area (Å²) in [4.78, 5) is 12.2. The van der Waals surface area contributed by atoms with Gasteiger partial charge in [0.05, 0.1) is 22.8 Å². The van der Waals surface area contributed by atoms with E-state index in [4.69, 9.17) is 11.6 Å². The lowest BCUT2D eigenvalue weighted by Gasteiger charge is -2.13. The van der Waals surface area contributed by atoms with Gasteiger partial charge in [0.25, 0.3) is 5.91 Å². The zero-order valence-electron chi connectivity index (χ0n) is 10.5. The molecular weight excluding hydrogens is 330 g/mol. The second kappa shape index (κ2) is 5.75. The molecule has 1 amide bonds. The van der Waals surface area contributed by atoms with E-state index < -0.39 is 0 Å². The minimum Gasteiger partial charge on any atom is -0.345 e. The number of aryl methyl sites for hydroxylation is 1. The van der Waals surface area contributed by atoms with E-state index in [-0.39, 0.29) is 11.9 Å². The second-order valence-electron chi connectivity index (χ2n) is 4.24. The SMILES string of the molecule is CC(NC(=O)c1cccc(Br)c1Cl)c1cnn(C)c1. The molecule has 2 aromatic rings. The minimum atomic E-state index is -0.206. The van der Waals surface area contributed by atoms with Crippen molar-refractivity contribution < 1.29 is 4.79 Å². The highest BCUT2D eigenvalue weighted by Crippen LogP contribution is 2.26. The average Bonchev–Trinajstić information content (AvgIpc) is 2.79. The molecule has 0 spiro atoms. The van der Waals surface area contributed by atoms with Crippen molar-refractivity contribution in [2.24, 2.45) is 7.05 Å². The van der Waals surface area contributed by atoms with Crippen molar-refractivity contribution in [1.82, 2.24) is 15.1 Å². The zero-order valence-corrected chi connectivity index (χ0v) is 12.9. The number of nitrogens with zero attached hydrogens (tertiary/aromatic N) is 2. The second-order valence-corrected chi connectivity index (χ2v) is 5.48. The summed E-state index contributed by atoms with van der Waals surface area (Å²) in [7, 11) is 1.84. The summed E-state index contributed by atoms with van der Waals surface area (Å²) in [5.41, 5.74) is 1.40. The van der Waals surface area contributed by atoms with E-state index in [0.717, 1.165) is 5.56 Å². The third-order valence-corrected chi connectivity index (χ3v) is 4.06. The number of hydrogen-bond acceptors (Lipinski definition) is 2. The van der Waals surface area contributed by atoms with Gasteiger partial charge in [-0.05, 0) is 35.0 Å². The van der Waals surface area contributed by atoms with Crippen molar-refractivity contribution in [2.75, 3.05) is 0 Å². The van der Waals surface area contributed by atoms with Gasteiger partial charge in [0.15, 0.2) is 0 Å². The number of carbonyl (C=O) groups excluding carboxylic acids is 1. The standard InChI is InChI=1S/C13H13BrClN3O/c1-8(9-6-16-18(2)7-9)17-13(19)10-4-3-5-11(14)12(10)15/h3-8H,1-2H3,(H,17,19). The molecule has 0 bridgehead atoms. The lowest BCUT2D eigenvalue weighted by Crippen LogP contribution is -2.26. The van der Waals surface area contributed by atoms with Gasteiger partial charge in [0, 0.05) is 23.3 Å². The molecule has 1 aromatic heterocycles. The van der Waals surface area contributed by atoms with Gasteiger partial charge in [0.1, 0.15) is 0 Å². The monoisotopic (exact) mass is 341 g/mol. The van der Waals surface area contributed by atoms with E-state index in [2.05, 4.69) is 26.3 Å². The van der Waals surface area contributed by atoms with Gasteiger partial charge in [-0.15, -0.1) is 0 Å². The van der Waals surface area contributed by atoms with Crippen LogP contribution >= 0.6 is 27.5 Å². The van der Waals surface area contributed by atoms with Gasteiger partial charge in [-0.25, -0.2) is 0 Å². The Bertz CT molecular complexity index is 612. The first-order valence-corrected chi connectivity index (χ1v) is 6.89. The number of rotatable bonds is 3. The van der Waals surface area contributed by atoms with E-state index in [1.165, 1.54) is 0 Å². The molecule has 19 heavy (non-hydrogen) atoms. The number of amides is 1. The van der Waals surface area contributed by atoms with Crippen molar-refractivity contribution in [2.45, 2.75) is 13.0 Å². The smallest absolute Gasteiger partial charge is 0.253 e. The molecule has 0 fully saturated rings. The van der Waals surface area contributed by atoms with Crippen molar-refractivity contribution in [3.8, 4) is 0 Å². The fourth-order valence-electron chi connectivity index (χ4n) is 1.70. The number of aromatic nitrogens is 2. The molecule has 4 nitrogen and oxygen atoms in total. The Morgan fingerprint density at radius 2 is 2.26 bits per heavy atom. The molecule has 0 saturated heterocycles. The lowest BCUT2D eigenvalue weighted by molar-refractivity contribution is 0.0940. The third kappa shape index (κ3) is 3.16. The Morgan fingerprint density at radius 3 is 2.89 bits per heavy atom. The molecule has 6 heteroatoms. The number of benzene rings is 1. The van der Waals surface area contributed by atoms with E-state index in [9.17, 15) is 4.79 Å². The molecule has 1 unspecified atom stereocenters. The molecule has 0 saturated carbocycles. The van der Waals surface area contributed by atoms with Crippen LogP contribution < -0.4 is 5.32 Å². The highest BCUT2D eigenvalue weighted by molar-refractivity contribution is 9.10. The summed E-state index contributed by atoms with van der Waals surface area (Å²) >= 11 is 9.40. The lowest BCUT2D eigenvalue weighted by atomic mass is 10.1.